The minimum atomic E-state index is 0.561. The summed E-state index contributed by atoms with van der Waals surface area (Å²) < 4.78 is 0.866. The predicted molar refractivity (Wildman–Crippen MR) is 60.7 cm³/mol. The van der Waals surface area contributed by atoms with Crippen LogP contribution in [0.4, 0.5) is 0 Å². The largest absolute Gasteiger partial charge is 0.236 e. The van der Waals surface area contributed by atoms with Gasteiger partial charge in [0.1, 0.15) is 11.0 Å². The standard InChI is InChI=1S/C10H12BrClN2/c1-2-3-7-8(11)9(12)14-10(13-7)6-4-5-6/h6H,2-5H2,1H3. The van der Waals surface area contributed by atoms with Crippen LogP contribution in [0, 0.1) is 0 Å². The fraction of sp³-hybridized carbons (Fsp3) is 0.600. The Labute approximate surface area is 97.2 Å². The normalized spacial score (nSPS) is 15.9. The summed E-state index contributed by atoms with van der Waals surface area (Å²) in [7, 11) is 0. The molecule has 0 saturated heterocycles. The monoisotopic (exact) mass is 274 g/mol. The second-order valence-electron chi connectivity index (χ2n) is 3.66. The van der Waals surface area contributed by atoms with Gasteiger partial charge >= 0.3 is 0 Å². The molecule has 1 aliphatic rings. The molecule has 4 heteroatoms. The number of halogens is 2. The molecule has 0 N–H and O–H groups in total. The molecule has 0 amide bonds. The van der Waals surface area contributed by atoms with E-state index in [0.717, 1.165) is 28.8 Å². The molecule has 0 unspecified atom stereocenters. The molecule has 0 radical (unpaired) electrons. The van der Waals surface area contributed by atoms with Crippen LogP contribution in [0.3, 0.4) is 0 Å². The molecule has 1 heterocycles. The van der Waals surface area contributed by atoms with Gasteiger partial charge in [-0.3, -0.25) is 0 Å². The van der Waals surface area contributed by atoms with Crippen LogP contribution in [0.5, 0.6) is 0 Å². The molecule has 14 heavy (non-hydrogen) atoms. The first-order valence-electron chi connectivity index (χ1n) is 4.94. The highest BCUT2D eigenvalue weighted by atomic mass is 79.9. The number of aromatic nitrogens is 2. The van der Waals surface area contributed by atoms with Crippen molar-refractivity contribution in [2.45, 2.75) is 38.5 Å². The minimum Gasteiger partial charge on any atom is -0.236 e. The van der Waals surface area contributed by atoms with Gasteiger partial charge in [0.05, 0.1) is 10.2 Å². The van der Waals surface area contributed by atoms with Crippen molar-refractivity contribution in [1.29, 1.82) is 0 Å². The average Bonchev–Trinajstić information content (AvgIpc) is 2.96. The van der Waals surface area contributed by atoms with E-state index in [9.17, 15) is 0 Å². The Morgan fingerprint density at radius 3 is 2.71 bits per heavy atom. The molecule has 1 fully saturated rings. The lowest BCUT2D eigenvalue weighted by molar-refractivity contribution is 0.821. The molecular formula is C10H12BrClN2. The molecule has 1 aromatic rings. The van der Waals surface area contributed by atoms with Crippen molar-refractivity contribution in [2.75, 3.05) is 0 Å². The van der Waals surface area contributed by atoms with Crippen LogP contribution in [-0.4, -0.2) is 9.97 Å². The fourth-order valence-electron chi connectivity index (χ4n) is 1.41. The fourth-order valence-corrected chi connectivity index (χ4v) is 1.98. The summed E-state index contributed by atoms with van der Waals surface area (Å²) in [5, 5.41) is 0.561. The summed E-state index contributed by atoms with van der Waals surface area (Å²) >= 11 is 9.46. The molecule has 0 bridgehead atoms. The van der Waals surface area contributed by atoms with E-state index in [2.05, 4.69) is 32.8 Å². The van der Waals surface area contributed by atoms with E-state index in [-0.39, 0.29) is 0 Å². The molecule has 1 aromatic heterocycles. The third kappa shape index (κ3) is 2.09. The minimum absolute atomic E-state index is 0.561. The molecular weight excluding hydrogens is 263 g/mol. The summed E-state index contributed by atoms with van der Waals surface area (Å²) in [5.74, 6) is 1.50. The smallest absolute Gasteiger partial charge is 0.147 e. The van der Waals surface area contributed by atoms with Crippen molar-refractivity contribution in [1.82, 2.24) is 9.97 Å². The Morgan fingerprint density at radius 2 is 2.14 bits per heavy atom. The van der Waals surface area contributed by atoms with Crippen LogP contribution in [0.2, 0.25) is 5.15 Å². The quantitative estimate of drug-likeness (QED) is 0.786. The van der Waals surface area contributed by atoms with Crippen molar-refractivity contribution in [2.24, 2.45) is 0 Å². The van der Waals surface area contributed by atoms with Gasteiger partial charge in [-0.1, -0.05) is 24.9 Å². The van der Waals surface area contributed by atoms with Crippen LogP contribution >= 0.6 is 27.5 Å². The zero-order valence-corrected chi connectivity index (χ0v) is 10.4. The Kier molecular flexibility index (Phi) is 3.07. The lowest BCUT2D eigenvalue weighted by Crippen LogP contribution is -2.00. The van der Waals surface area contributed by atoms with E-state index in [1.807, 2.05) is 0 Å². The van der Waals surface area contributed by atoms with Gasteiger partial charge < -0.3 is 0 Å². The molecule has 1 aliphatic carbocycles. The Morgan fingerprint density at radius 1 is 1.43 bits per heavy atom. The Balaban J connectivity index is 2.35. The summed E-state index contributed by atoms with van der Waals surface area (Å²) in [4.78, 5) is 8.83. The number of nitrogens with zero attached hydrogens (tertiary/aromatic N) is 2. The van der Waals surface area contributed by atoms with Gasteiger partial charge in [0.15, 0.2) is 0 Å². The van der Waals surface area contributed by atoms with Gasteiger partial charge in [0, 0.05) is 5.92 Å². The third-order valence-corrected chi connectivity index (χ3v) is 3.66. The van der Waals surface area contributed by atoms with Crippen LogP contribution in [0.1, 0.15) is 43.6 Å². The van der Waals surface area contributed by atoms with Gasteiger partial charge in [-0.05, 0) is 35.2 Å². The summed E-state index contributed by atoms with van der Waals surface area (Å²) in [5.41, 5.74) is 1.05. The van der Waals surface area contributed by atoms with Gasteiger partial charge in [-0.15, -0.1) is 0 Å². The second-order valence-corrected chi connectivity index (χ2v) is 4.81. The van der Waals surface area contributed by atoms with Crippen molar-refractivity contribution in [3.63, 3.8) is 0 Å². The highest BCUT2D eigenvalue weighted by Crippen LogP contribution is 2.39. The maximum Gasteiger partial charge on any atom is 0.147 e. The van der Waals surface area contributed by atoms with Crippen LogP contribution in [-0.2, 0) is 6.42 Å². The summed E-state index contributed by atoms with van der Waals surface area (Å²) in [6, 6.07) is 0. The lowest BCUT2D eigenvalue weighted by atomic mass is 10.2. The van der Waals surface area contributed by atoms with Crippen molar-refractivity contribution >= 4 is 27.5 Å². The predicted octanol–water partition coefficient (Wildman–Crippen LogP) is 3.72. The molecule has 0 atom stereocenters. The first-order valence-corrected chi connectivity index (χ1v) is 6.11. The maximum atomic E-state index is 6.03. The Bertz CT molecular complexity index is 350. The lowest BCUT2D eigenvalue weighted by Gasteiger charge is -2.06. The van der Waals surface area contributed by atoms with Gasteiger partial charge in [-0.25, -0.2) is 9.97 Å². The van der Waals surface area contributed by atoms with Gasteiger partial charge in [0.25, 0.3) is 0 Å². The molecule has 2 rings (SSSR count). The van der Waals surface area contributed by atoms with E-state index in [1.54, 1.807) is 0 Å². The van der Waals surface area contributed by atoms with E-state index in [0.29, 0.717) is 11.1 Å². The number of aryl methyl sites for hydroxylation is 1. The highest BCUT2D eigenvalue weighted by Gasteiger charge is 2.27. The van der Waals surface area contributed by atoms with Crippen molar-refractivity contribution in [3.8, 4) is 0 Å². The molecule has 1 saturated carbocycles. The number of rotatable bonds is 3. The number of hydrogen-bond donors (Lipinski definition) is 0. The van der Waals surface area contributed by atoms with E-state index in [4.69, 9.17) is 11.6 Å². The van der Waals surface area contributed by atoms with Crippen LogP contribution in [0.15, 0.2) is 4.47 Å². The van der Waals surface area contributed by atoms with Crippen LogP contribution in [0.25, 0.3) is 0 Å². The molecule has 0 aliphatic heterocycles. The van der Waals surface area contributed by atoms with E-state index >= 15 is 0 Å². The van der Waals surface area contributed by atoms with Crippen molar-refractivity contribution < 1.29 is 0 Å². The first-order chi connectivity index (χ1) is 6.72. The van der Waals surface area contributed by atoms with Gasteiger partial charge in [-0.2, -0.15) is 0 Å². The maximum absolute atomic E-state index is 6.03. The van der Waals surface area contributed by atoms with Crippen LogP contribution < -0.4 is 0 Å². The van der Waals surface area contributed by atoms with Crippen molar-refractivity contribution in [3.05, 3.63) is 21.1 Å². The molecule has 2 nitrogen and oxygen atoms in total. The second kappa shape index (κ2) is 4.15. The molecule has 0 aromatic carbocycles. The zero-order valence-electron chi connectivity index (χ0n) is 8.06. The highest BCUT2D eigenvalue weighted by molar-refractivity contribution is 9.10. The Hall–Kier alpha value is -0.150. The topological polar surface area (TPSA) is 25.8 Å². The molecule has 76 valence electrons. The van der Waals surface area contributed by atoms with Gasteiger partial charge in [0.2, 0.25) is 0 Å². The van der Waals surface area contributed by atoms with E-state index < -0.39 is 0 Å². The zero-order chi connectivity index (χ0) is 10.1. The van der Waals surface area contributed by atoms with E-state index in [1.165, 1.54) is 12.8 Å². The molecule has 0 spiro atoms. The summed E-state index contributed by atoms with van der Waals surface area (Å²) in [6.07, 6.45) is 4.46. The SMILES string of the molecule is CCCc1nc(C2CC2)nc(Cl)c1Br. The number of hydrogen-bond acceptors (Lipinski definition) is 2. The summed E-state index contributed by atoms with van der Waals surface area (Å²) in [6.45, 7) is 2.14. The third-order valence-electron chi connectivity index (χ3n) is 2.33. The first kappa shape index (κ1) is 10.4. The average molecular weight is 276 g/mol.